The van der Waals surface area contributed by atoms with Gasteiger partial charge in [0.2, 0.25) is 0 Å². The normalized spacial score (nSPS) is 14.6. The lowest BCUT2D eigenvalue weighted by atomic mass is 10.1. The van der Waals surface area contributed by atoms with Crippen LogP contribution in [-0.2, 0) is 19.1 Å². The SMILES string of the molecule is O=C(c1ccc2c(c1)N(Cc1ccc(C(F)(F)F)cc1)C(=O)c1ccccc1S2)N1CCc2ccccc21. The Morgan fingerprint density at radius 3 is 2.37 bits per heavy atom. The lowest BCUT2D eigenvalue weighted by molar-refractivity contribution is -0.137. The zero-order valence-electron chi connectivity index (χ0n) is 20.0. The van der Waals surface area contributed by atoms with Crippen LogP contribution in [0.3, 0.4) is 0 Å². The molecule has 0 bridgehead atoms. The number of carbonyl (C=O) groups excluding carboxylic acids is 2. The van der Waals surface area contributed by atoms with Crippen LogP contribution in [-0.4, -0.2) is 18.4 Å². The van der Waals surface area contributed by atoms with E-state index in [0.717, 1.165) is 39.6 Å². The number of benzene rings is 4. The van der Waals surface area contributed by atoms with Crippen LogP contribution in [0.25, 0.3) is 0 Å². The molecule has 2 aliphatic rings. The highest BCUT2D eigenvalue weighted by molar-refractivity contribution is 7.99. The van der Waals surface area contributed by atoms with Gasteiger partial charge < -0.3 is 9.80 Å². The standard InChI is InChI=1S/C30H21F3N2O2S/c31-30(32,33)22-12-9-19(10-13-22)18-35-25-17-21(28(36)34-16-15-20-5-1-3-7-24(20)34)11-14-27(25)38-26-8-4-2-6-23(26)29(35)37/h1-14,17H,15-16,18H2. The minimum atomic E-state index is -4.44. The fourth-order valence-corrected chi connectivity index (χ4v) is 5.96. The minimum absolute atomic E-state index is 0.0586. The Balaban J connectivity index is 1.40. The topological polar surface area (TPSA) is 40.6 Å². The van der Waals surface area contributed by atoms with Crippen molar-refractivity contribution >= 4 is 35.0 Å². The van der Waals surface area contributed by atoms with Crippen molar-refractivity contribution in [2.24, 2.45) is 0 Å². The van der Waals surface area contributed by atoms with Crippen molar-refractivity contribution in [2.75, 3.05) is 16.3 Å². The van der Waals surface area contributed by atoms with Crippen molar-refractivity contribution in [3.63, 3.8) is 0 Å². The average Bonchev–Trinajstić information content (AvgIpc) is 3.31. The van der Waals surface area contributed by atoms with E-state index in [4.69, 9.17) is 0 Å². The molecule has 0 spiro atoms. The molecule has 0 atom stereocenters. The number of fused-ring (bicyclic) bond motifs is 3. The highest BCUT2D eigenvalue weighted by atomic mass is 32.2. The van der Waals surface area contributed by atoms with Gasteiger partial charge in [0.1, 0.15) is 0 Å². The number of halogens is 3. The highest BCUT2D eigenvalue weighted by Gasteiger charge is 2.32. The Hall–Kier alpha value is -4.04. The van der Waals surface area contributed by atoms with E-state index in [2.05, 4.69) is 0 Å². The van der Waals surface area contributed by atoms with Gasteiger partial charge in [0, 0.05) is 27.6 Å². The van der Waals surface area contributed by atoms with Gasteiger partial charge in [0.05, 0.1) is 23.4 Å². The van der Waals surface area contributed by atoms with E-state index in [-0.39, 0.29) is 18.4 Å². The molecule has 2 heterocycles. The summed E-state index contributed by atoms with van der Waals surface area (Å²) in [5.74, 6) is -0.436. The molecule has 0 fully saturated rings. The van der Waals surface area contributed by atoms with Gasteiger partial charge in [-0.3, -0.25) is 9.59 Å². The molecule has 4 aromatic rings. The van der Waals surface area contributed by atoms with Gasteiger partial charge in [-0.2, -0.15) is 13.2 Å². The first-order valence-corrected chi connectivity index (χ1v) is 12.9. The zero-order chi connectivity index (χ0) is 26.4. The Morgan fingerprint density at radius 2 is 1.58 bits per heavy atom. The molecule has 2 amide bonds. The summed E-state index contributed by atoms with van der Waals surface area (Å²) < 4.78 is 39.3. The lowest BCUT2D eigenvalue weighted by Crippen LogP contribution is -2.32. The molecule has 0 radical (unpaired) electrons. The second-order valence-corrected chi connectivity index (χ2v) is 10.3. The predicted octanol–water partition coefficient (Wildman–Crippen LogP) is 7.22. The number of amides is 2. The van der Waals surface area contributed by atoms with E-state index in [9.17, 15) is 22.8 Å². The summed E-state index contributed by atoms with van der Waals surface area (Å²) in [6.45, 7) is 0.632. The molecular formula is C30H21F3N2O2S. The van der Waals surface area contributed by atoms with Crippen LogP contribution in [0, 0.1) is 0 Å². The van der Waals surface area contributed by atoms with Crippen molar-refractivity contribution in [3.8, 4) is 0 Å². The first-order chi connectivity index (χ1) is 18.3. The van der Waals surface area contributed by atoms with E-state index in [1.165, 1.54) is 23.9 Å². The smallest absolute Gasteiger partial charge is 0.308 e. The van der Waals surface area contributed by atoms with Crippen molar-refractivity contribution in [3.05, 3.63) is 119 Å². The van der Waals surface area contributed by atoms with E-state index < -0.39 is 11.7 Å². The largest absolute Gasteiger partial charge is 0.416 e. The van der Waals surface area contributed by atoms with Gasteiger partial charge in [-0.25, -0.2) is 0 Å². The molecule has 0 aromatic heterocycles. The second kappa shape index (κ2) is 9.36. The Labute approximate surface area is 221 Å². The summed E-state index contributed by atoms with van der Waals surface area (Å²) in [6, 6.07) is 25.2. The third-order valence-electron chi connectivity index (χ3n) is 6.83. The number of hydrogen-bond acceptors (Lipinski definition) is 3. The lowest BCUT2D eigenvalue weighted by Gasteiger charge is -2.25. The molecule has 6 rings (SSSR count). The molecule has 38 heavy (non-hydrogen) atoms. The monoisotopic (exact) mass is 530 g/mol. The van der Waals surface area contributed by atoms with Crippen LogP contribution in [0.4, 0.5) is 24.5 Å². The number of anilines is 2. The third kappa shape index (κ3) is 4.35. The summed E-state index contributed by atoms with van der Waals surface area (Å²) >= 11 is 1.43. The quantitative estimate of drug-likeness (QED) is 0.281. The fraction of sp³-hybridized carbons (Fsp3) is 0.133. The van der Waals surface area contributed by atoms with Crippen LogP contribution in [0.2, 0.25) is 0 Å². The summed E-state index contributed by atoms with van der Waals surface area (Å²) in [6.07, 6.45) is -3.67. The number of carbonyl (C=O) groups is 2. The number of rotatable bonds is 3. The summed E-state index contributed by atoms with van der Waals surface area (Å²) in [7, 11) is 0. The molecule has 0 unspecified atom stereocenters. The highest BCUT2D eigenvalue weighted by Crippen LogP contribution is 2.43. The van der Waals surface area contributed by atoms with Gasteiger partial charge in [-0.1, -0.05) is 54.2 Å². The summed E-state index contributed by atoms with van der Waals surface area (Å²) in [5.41, 5.74) is 3.29. The molecule has 4 nitrogen and oxygen atoms in total. The van der Waals surface area contributed by atoms with Gasteiger partial charge in [-0.05, 0) is 66.1 Å². The number of alkyl halides is 3. The van der Waals surface area contributed by atoms with Gasteiger partial charge in [0.15, 0.2) is 0 Å². The Bertz CT molecular complexity index is 1570. The van der Waals surface area contributed by atoms with Crippen LogP contribution < -0.4 is 9.80 Å². The average molecular weight is 531 g/mol. The predicted molar refractivity (Wildman–Crippen MR) is 141 cm³/mol. The maximum atomic E-state index is 13.8. The molecule has 190 valence electrons. The maximum absolute atomic E-state index is 13.8. The first-order valence-electron chi connectivity index (χ1n) is 12.1. The van der Waals surface area contributed by atoms with E-state index in [0.29, 0.717) is 28.9 Å². The van der Waals surface area contributed by atoms with Crippen molar-refractivity contribution in [2.45, 2.75) is 28.9 Å². The van der Waals surface area contributed by atoms with Crippen LogP contribution in [0.15, 0.2) is 101 Å². The van der Waals surface area contributed by atoms with E-state index >= 15 is 0 Å². The minimum Gasteiger partial charge on any atom is -0.308 e. The first kappa shape index (κ1) is 24.3. The molecule has 4 aromatic carbocycles. The number of nitrogens with zero attached hydrogens (tertiary/aromatic N) is 2. The van der Waals surface area contributed by atoms with Crippen molar-refractivity contribution < 1.29 is 22.8 Å². The van der Waals surface area contributed by atoms with Gasteiger partial charge >= 0.3 is 6.18 Å². The Morgan fingerprint density at radius 1 is 0.842 bits per heavy atom. The second-order valence-electron chi connectivity index (χ2n) is 9.20. The van der Waals surface area contributed by atoms with Gasteiger partial charge in [0.25, 0.3) is 11.8 Å². The molecule has 0 aliphatic carbocycles. The number of hydrogen-bond donors (Lipinski definition) is 0. The molecule has 2 aliphatic heterocycles. The molecular weight excluding hydrogens is 509 g/mol. The zero-order valence-corrected chi connectivity index (χ0v) is 20.9. The summed E-state index contributed by atoms with van der Waals surface area (Å²) in [5, 5.41) is 0. The third-order valence-corrected chi connectivity index (χ3v) is 7.97. The van der Waals surface area contributed by atoms with Crippen LogP contribution in [0.5, 0.6) is 0 Å². The van der Waals surface area contributed by atoms with Gasteiger partial charge in [-0.15, -0.1) is 0 Å². The Kier molecular flexibility index (Phi) is 5.99. The van der Waals surface area contributed by atoms with Crippen LogP contribution in [0.1, 0.15) is 37.4 Å². The fourth-order valence-electron chi connectivity index (χ4n) is 4.90. The van der Waals surface area contributed by atoms with Crippen molar-refractivity contribution in [1.29, 1.82) is 0 Å². The maximum Gasteiger partial charge on any atom is 0.416 e. The van der Waals surface area contributed by atoms with Crippen LogP contribution >= 0.6 is 11.8 Å². The van der Waals surface area contributed by atoms with Crippen molar-refractivity contribution in [1.82, 2.24) is 0 Å². The van der Waals surface area contributed by atoms with E-state index in [1.54, 1.807) is 34.1 Å². The molecule has 0 saturated carbocycles. The molecule has 0 N–H and O–H groups in total. The number of para-hydroxylation sites is 1. The molecule has 8 heteroatoms. The van der Waals surface area contributed by atoms with E-state index in [1.807, 2.05) is 42.5 Å². The summed E-state index contributed by atoms with van der Waals surface area (Å²) in [4.78, 5) is 32.2. The molecule has 0 saturated heterocycles.